The predicted octanol–water partition coefficient (Wildman–Crippen LogP) is 2.65. The van der Waals surface area contributed by atoms with Crippen molar-refractivity contribution in [2.45, 2.75) is 0 Å². The zero-order valence-electron chi connectivity index (χ0n) is 15.2. The standard InChI is InChI=1S/C19H21ClN4O3/c1-23-5-7-24(8-6-23)18(25)14-9-15(12-21-11-14)22-17-10-13(19(26)27-2)3-4-16(17)20/h3-4,9-12,22H,5-8H2,1-2H3. The minimum absolute atomic E-state index is 0.0475. The van der Waals surface area contributed by atoms with E-state index in [0.29, 0.717) is 40.6 Å². The number of piperazine rings is 1. The van der Waals surface area contributed by atoms with Gasteiger partial charge in [0.05, 0.1) is 40.8 Å². The molecule has 0 unspecified atom stereocenters. The molecular weight excluding hydrogens is 368 g/mol. The van der Waals surface area contributed by atoms with Crippen LogP contribution >= 0.6 is 11.6 Å². The van der Waals surface area contributed by atoms with Crippen LogP contribution in [0, 0.1) is 0 Å². The van der Waals surface area contributed by atoms with Crippen molar-refractivity contribution < 1.29 is 14.3 Å². The first-order valence-electron chi connectivity index (χ1n) is 8.55. The van der Waals surface area contributed by atoms with Crippen molar-refractivity contribution in [1.82, 2.24) is 14.8 Å². The van der Waals surface area contributed by atoms with Crippen LogP contribution in [0.4, 0.5) is 11.4 Å². The molecule has 1 aliphatic rings. The molecule has 0 saturated carbocycles. The number of hydrogen-bond donors (Lipinski definition) is 1. The van der Waals surface area contributed by atoms with Crippen LogP contribution in [0.15, 0.2) is 36.7 Å². The molecule has 1 amide bonds. The van der Waals surface area contributed by atoms with E-state index in [1.807, 2.05) is 11.9 Å². The summed E-state index contributed by atoms with van der Waals surface area (Å²) >= 11 is 6.22. The van der Waals surface area contributed by atoms with Gasteiger partial charge >= 0.3 is 5.97 Å². The first-order valence-corrected chi connectivity index (χ1v) is 8.93. The summed E-state index contributed by atoms with van der Waals surface area (Å²) in [6, 6.07) is 6.53. The Balaban J connectivity index is 1.78. The molecular formula is C19H21ClN4O3. The Labute approximate surface area is 162 Å². The predicted molar refractivity (Wildman–Crippen MR) is 104 cm³/mol. The van der Waals surface area contributed by atoms with Gasteiger partial charge in [0.1, 0.15) is 0 Å². The highest BCUT2D eigenvalue weighted by molar-refractivity contribution is 6.33. The molecule has 1 aliphatic heterocycles. The van der Waals surface area contributed by atoms with Gasteiger partial charge in [-0.15, -0.1) is 0 Å². The molecule has 7 nitrogen and oxygen atoms in total. The van der Waals surface area contributed by atoms with Gasteiger partial charge < -0.3 is 19.9 Å². The lowest BCUT2D eigenvalue weighted by Crippen LogP contribution is -2.47. The number of nitrogens with one attached hydrogen (secondary N) is 1. The van der Waals surface area contributed by atoms with Gasteiger partial charge in [0.25, 0.3) is 5.91 Å². The van der Waals surface area contributed by atoms with Crippen LogP contribution in [0.25, 0.3) is 0 Å². The van der Waals surface area contributed by atoms with Crippen molar-refractivity contribution in [2.75, 3.05) is 45.7 Å². The number of halogens is 1. The van der Waals surface area contributed by atoms with Crippen LogP contribution < -0.4 is 5.32 Å². The Bertz CT molecular complexity index is 851. The summed E-state index contributed by atoms with van der Waals surface area (Å²) in [6.07, 6.45) is 3.15. The van der Waals surface area contributed by atoms with Gasteiger partial charge in [-0.25, -0.2) is 4.79 Å². The van der Waals surface area contributed by atoms with E-state index in [4.69, 9.17) is 16.3 Å². The monoisotopic (exact) mass is 388 g/mol. The molecule has 1 saturated heterocycles. The van der Waals surface area contributed by atoms with Crippen LogP contribution in [-0.2, 0) is 4.74 Å². The summed E-state index contributed by atoms with van der Waals surface area (Å²) < 4.78 is 4.73. The number of carbonyl (C=O) groups is 2. The first-order chi connectivity index (χ1) is 13.0. The normalized spacial score (nSPS) is 14.7. The Morgan fingerprint density at radius 3 is 2.56 bits per heavy atom. The SMILES string of the molecule is COC(=O)c1ccc(Cl)c(Nc2cncc(C(=O)N3CCN(C)CC3)c2)c1. The fourth-order valence-corrected chi connectivity index (χ4v) is 3.00. The third-order valence-corrected chi connectivity index (χ3v) is 4.77. The molecule has 142 valence electrons. The topological polar surface area (TPSA) is 74.8 Å². The quantitative estimate of drug-likeness (QED) is 0.811. The molecule has 0 bridgehead atoms. The number of esters is 1. The van der Waals surface area contributed by atoms with Crippen molar-refractivity contribution in [1.29, 1.82) is 0 Å². The summed E-state index contributed by atoms with van der Waals surface area (Å²) in [7, 11) is 3.36. The average Bonchev–Trinajstić information content (AvgIpc) is 2.69. The highest BCUT2D eigenvalue weighted by atomic mass is 35.5. The summed E-state index contributed by atoms with van der Waals surface area (Å²) in [4.78, 5) is 32.6. The van der Waals surface area contributed by atoms with Crippen LogP contribution in [-0.4, -0.2) is 67.0 Å². The number of pyridine rings is 1. The molecule has 1 N–H and O–H groups in total. The van der Waals surface area contributed by atoms with Gasteiger partial charge in [-0.3, -0.25) is 9.78 Å². The number of amides is 1. The summed E-state index contributed by atoms with van der Waals surface area (Å²) in [5.74, 6) is -0.500. The van der Waals surface area contributed by atoms with Crippen LogP contribution in [0.5, 0.6) is 0 Å². The number of rotatable bonds is 4. The number of nitrogens with zero attached hydrogens (tertiary/aromatic N) is 3. The maximum atomic E-state index is 12.7. The first kappa shape index (κ1) is 19.1. The van der Waals surface area contributed by atoms with E-state index in [2.05, 4.69) is 15.2 Å². The number of likely N-dealkylation sites (N-methyl/N-ethyl adjacent to an activating group) is 1. The molecule has 3 rings (SSSR count). The zero-order chi connectivity index (χ0) is 19.4. The van der Waals surface area contributed by atoms with Crippen LogP contribution in [0.1, 0.15) is 20.7 Å². The molecule has 2 aromatic rings. The maximum absolute atomic E-state index is 12.7. The highest BCUT2D eigenvalue weighted by Crippen LogP contribution is 2.27. The van der Waals surface area contributed by atoms with Gasteiger partial charge in [0.15, 0.2) is 0 Å². The fourth-order valence-electron chi connectivity index (χ4n) is 2.84. The van der Waals surface area contributed by atoms with E-state index in [-0.39, 0.29) is 5.91 Å². The smallest absolute Gasteiger partial charge is 0.337 e. The molecule has 1 aromatic heterocycles. The van der Waals surface area contributed by atoms with Gasteiger partial charge in [-0.1, -0.05) is 11.6 Å². The van der Waals surface area contributed by atoms with Gasteiger partial charge in [-0.05, 0) is 31.3 Å². The lowest BCUT2D eigenvalue weighted by Gasteiger charge is -2.32. The van der Waals surface area contributed by atoms with Crippen LogP contribution in [0.2, 0.25) is 5.02 Å². The second-order valence-electron chi connectivity index (χ2n) is 6.37. The van der Waals surface area contributed by atoms with Crippen molar-refractivity contribution >= 4 is 34.9 Å². The second-order valence-corrected chi connectivity index (χ2v) is 6.78. The molecule has 1 fully saturated rings. The average molecular weight is 389 g/mol. The Morgan fingerprint density at radius 2 is 1.85 bits per heavy atom. The molecule has 1 aromatic carbocycles. The maximum Gasteiger partial charge on any atom is 0.337 e. The van der Waals surface area contributed by atoms with E-state index in [1.165, 1.54) is 7.11 Å². The largest absolute Gasteiger partial charge is 0.465 e. The van der Waals surface area contributed by atoms with Crippen molar-refractivity contribution in [2.24, 2.45) is 0 Å². The third kappa shape index (κ3) is 4.56. The van der Waals surface area contributed by atoms with E-state index in [9.17, 15) is 9.59 Å². The molecule has 0 spiro atoms. The van der Waals surface area contributed by atoms with Crippen molar-refractivity contribution in [3.05, 3.63) is 52.8 Å². The second kappa shape index (κ2) is 8.37. The van der Waals surface area contributed by atoms with E-state index in [1.54, 1.807) is 36.7 Å². The molecule has 8 heteroatoms. The molecule has 0 radical (unpaired) electrons. The summed E-state index contributed by atoms with van der Waals surface area (Å²) in [5.41, 5.74) is 2.02. The number of anilines is 2. The number of methoxy groups -OCH3 is 1. The van der Waals surface area contributed by atoms with Crippen molar-refractivity contribution in [3.63, 3.8) is 0 Å². The zero-order valence-corrected chi connectivity index (χ0v) is 16.0. The molecule has 0 atom stereocenters. The number of ether oxygens (including phenoxy) is 1. The van der Waals surface area contributed by atoms with Crippen LogP contribution in [0.3, 0.4) is 0 Å². The minimum atomic E-state index is -0.452. The Hall–Kier alpha value is -2.64. The van der Waals surface area contributed by atoms with Gasteiger partial charge in [-0.2, -0.15) is 0 Å². The van der Waals surface area contributed by atoms with E-state index in [0.717, 1.165) is 13.1 Å². The number of benzene rings is 1. The summed E-state index contributed by atoms with van der Waals surface area (Å²) in [5, 5.41) is 3.56. The van der Waals surface area contributed by atoms with E-state index >= 15 is 0 Å². The van der Waals surface area contributed by atoms with Gasteiger partial charge in [0, 0.05) is 32.4 Å². The Kier molecular flexibility index (Phi) is 5.93. The fraction of sp³-hybridized carbons (Fsp3) is 0.316. The Morgan fingerprint density at radius 1 is 1.11 bits per heavy atom. The lowest BCUT2D eigenvalue weighted by atomic mass is 10.2. The number of carbonyl (C=O) groups excluding carboxylic acids is 2. The summed E-state index contributed by atoms with van der Waals surface area (Å²) in [6.45, 7) is 3.10. The highest BCUT2D eigenvalue weighted by Gasteiger charge is 2.21. The third-order valence-electron chi connectivity index (χ3n) is 4.44. The molecule has 2 heterocycles. The lowest BCUT2D eigenvalue weighted by molar-refractivity contribution is 0.0600. The minimum Gasteiger partial charge on any atom is -0.465 e. The van der Waals surface area contributed by atoms with Crippen molar-refractivity contribution in [3.8, 4) is 0 Å². The van der Waals surface area contributed by atoms with Gasteiger partial charge in [0.2, 0.25) is 0 Å². The molecule has 0 aliphatic carbocycles. The number of hydrogen-bond acceptors (Lipinski definition) is 6. The van der Waals surface area contributed by atoms with E-state index < -0.39 is 5.97 Å². The molecule has 27 heavy (non-hydrogen) atoms. The number of aromatic nitrogens is 1.